The predicted molar refractivity (Wildman–Crippen MR) is 74.9 cm³/mol. The van der Waals surface area contributed by atoms with Gasteiger partial charge in [-0.05, 0) is 53.2 Å². The molecule has 0 saturated heterocycles. The van der Waals surface area contributed by atoms with Gasteiger partial charge in [0.15, 0.2) is 0 Å². The summed E-state index contributed by atoms with van der Waals surface area (Å²) in [6.45, 7) is 0. The predicted octanol–water partition coefficient (Wildman–Crippen LogP) is 4.73. The Morgan fingerprint density at radius 3 is 2.75 bits per heavy atom. The van der Waals surface area contributed by atoms with Crippen molar-refractivity contribution in [3.63, 3.8) is 0 Å². The molecule has 1 saturated carbocycles. The number of aromatic nitrogens is 1. The molecule has 88 valence electrons. The molecule has 1 aliphatic carbocycles. The summed E-state index contributed by atoms with van der Waals surface area (Å²) in [6, 6.07) is 4.22. The van der Waals surface area contributed by atoms with Crippen molar-refractivity contribution in [3.05, 3.63) is 28.5 Å². The van der Waals surface area contributed by atoms with Crippen molar-refractivity contribution in [2.75, 3.05) is 0 Å². The minimum absolute atomic E-state index is 0.681. The molecule has 0 radical (unpaired) electrons. The monoisotopic (exact) mass is 345 g/mol. The summed E-state index contributed by atoms with van der Waals surface area (Å²) in [6.07, 6.45) is 9.82. The molecule has 1 aromatic heterocycles. The fraction of sp³-hybridized carbons (Fsp3) is 0.615. The van der Waals surface area contributed by atoms with Crippen LogP contribution in [0.2, 0.25) is 0 Å². The van der Waals surface area contributed by atoms with Crippen LogP contribution in [0.5, 0.6) is 0 Å². The summed E-state index contributed by atoms with van der Waals surface area (Å²) in [4.78, 5) is 5.15. The van der Waals surface area contributed by atoms with Gasteiger partial charge in [-0.1, -0.05) is 35.2 Å². The smallest absolute Gasteiger partial charge is 0.0413 e. The lowest BCUT2D eigenvalue weighted by molar-refractivity contribution is 0.470. The number of hydrogen-bond donors (Lipinski definition) is 0. The lowest BCUT2D eigenvalue weighted by Gasteiger charge is -2.19. The van der Waals surface area contributed by atoms with Crippen LogP contribution in [-0.4, -0.2) is 9.81 Å². The van der Waals surface area contributed by atoms with Gasteiger partial charge in [-0.2, -0.15) is 0 Å². The van der Waals surface area contributed by atoms with E-state index in [0.29, 0.717) is 4.83 Å². The van der Waals surface area contributed by atoms with E-state index >= 15 is 0 Å². The van der Waals surface area contributed by atoms with Gasteiger partial charge in [-0.3, -0.25) is 4.98 Å². The van der Waals surface area contributed by atoms with Crippen molar-refractivity contribution in [2.45, 2.75) is 43.4 Å². The summed E-state index contributed by atoms with van der Waals surface area (Å²) in [5.74, 6) is 0.760. The van der Waals surface area contributed by atoms with Gasteiger partial charge < -0.3 is 0 Å². The zero-order valence-electron chi connectivity index (χ0n) is 9.33. The maximum atomic E-state index is 4.47. The third-order valence-corrected chi connectivity index (χ3v) is 5.00. The number of pyridine rings is 1. The number of alkyl halides is 1. The van der Waals surface area contributed by atoms with Crippen LogP contribution >= 0.6 is 31.9 Å². The molecule has 1 aliphatic rings. The van der Waals surface area contributed by atoms with Crippen molar-refractivity contribution < 1.29 is 0 Å². The van der Waals surface area contributed by atoms with Crippen LogP contribution in [0, 0.1) is 5.92 Å². The zero-order chi connectivity index (χ0) is 11.4. The molecule has 0 bridgehead atoms. The Morgan fingerprint density at radius 2 is 2.00 bits per heavy atom. The van der Waals surface area contributed by atoms with Crippen molar-refractivity contribution in [1.29, 1.82) is 0 Å². The molecule has 0 aliphatic heterocycles. The molecule has 0 aromatic carbocycles. The van der Waals surface area contributed by atoms with E-state index in [9.17, 15) is 0 Å². The van der Waals surface area contributed by atoms with E-state index < -0.39 is 0 Å². The summed E-state index contributed by atoms with van der Waals surface area (Å²) >= 11 is 7.26. The van der Waals surface area contributed by atoms with Crippen LogP contribution in [0.3, 0.4) is 0 Å². The number of rotatable bonds is 2. The molecule has 1 fully saturated rings. The van der Waals surface area contributed by atoms with Gasteiger partial charge in [0.25, 0.3) is 0 Å². The van der Waals surface area contributed by atoms with Crippen molar-refractivity contribution in [1.82, 2.24) is 4.98 Å². The average Bonchev–Trinajstić information content (AvgIpc) is 2.48. The number of halogens is 2. The molecule has 3 heteroatoms. The first-order chi connectivity index (χ1) is 7.75. The summed E-state index contributed by atoms with van der Waals surface area (Å²) in [5.41, 5.74) is 1.22. The van der Waals surface area contributed by atoms with Gasteiger partial charge in [0, 0.05) is 21.2 Å². The average molecular weight is 347 g/mol. The van der Waals surface area contributed by atoms with Crippen molar-refractivity contribution in [2.24, 2.45) is 5.92 Å². The summed E-state index contributed by atoms with van der Waals surface area (Å²) < 4.78 is 1.06. The Balaban J connectivity index is 1.99. The van der Waals surface area contributed by atoms with Crippen LogP contribution in [0.15, 0.2) is 22.8 Å². The number of hydrogen-bond acceptors (Lipinski definition) is 1. The van der Waals surface area contributed by atoms with Gasteiger partial charge in [-0.25, -0.2) is 0 Å². The second-order valence-electron chi connectivity index (χ2n) is 4.59. The van der Waals surface area contributed by atoms with E-state index in [0.717, 1.165) is 16.8 Å². The maximum Gasteiger partial charge on any atom is 0.0413 e. The first-order valence-corrected chi connectivity index (χ1v) is 7.71. The Bertz CT molecular complexity index is 323. The van der Waals surface area contributed by atoms with Crippen molar-refractivity contribution in [3.8, 4) is 0 Å². The molecule has 16 heavy (non-hydrogen) atoms. The van der Waals surface area contributed by atoms with E-state index in [1.54, 1.807) is 0 Å². The van der Waals surface area contributed by atoms with Gasteiger partial charge in [0.05, 0.1) is 0 Å². The lowest BCUT2D eigenvalue weighted by Crippen LogP contribution is -2.16. The second-order valence-corrected chi connectivity index (χ2v) is 6.68. The highest BCUT2D eigenvalue weighted by atomic mass is 79.9. The Morgan fingerprint density at radius 1 is 1.19 bits per heavy atom. The highest BCUT2D eigenvalue weighted by Crippen LogP contribution is 2.31. The maximum absolute atomic E-state index is 4.47. The van der Waals surface area contributed by atoms with Crippen LogP contribution in [-0.2, 0) is 6.42 Å². The molecule has 1 aromatic rings. The quantitative estimate of drug-likeness (QED) is 0.557. The van der Waals surface area contributed by atoms with E-state index in [2.05, 4.69) is 49.0 Å². The van der Waals surface area contributed by atoms with E-state index in [4.69, 9.17) is 0 Å². The van der Waals surface area contributed by atoms with Crippen LogP contribution in [0.25, 0.3) is 0 Å². The third-order valence-electron chi connectivity index (χ3n) is 3.33. The minimum atomic E-state index is 0.681. The first-order valence-electron chi connectivity index (χ1n) is 6.00. The highest BCUT2D eigenvalue weighted by Gasteiger charge is 2.21. The number of nitrogens with zero attached hydrogens (tertiary/aromatic N) is 1. The molecule has 2 atom stereocenters. The highest BCUT2D eigenvalue weighted by molar-refractivity contribution is 9.10. The molecule has 0 N–H and O–H groups in total. The molecule has 1 nitrogen and oxygen atoms in total. The van der Waals surface area contributed by atoms with Gasteiger partial charge in [0.1, 0.15) is 0 Å². The summed E-state index contributed by atoms with van der Waals surface area (Å²) in [7, 11) is 0. The topological polar surface area (TPSA) is 12.9 Å². The van der Waals surface area contributed by atoms with Gasteiger partial charge >= 0.3 is 0 Å². The first kappa shape index (κ1) is 12.6. The van der Waals surface area contributed by atoms with Crippen LogP contribution < -0.4 is 0 Å². The Labute approximate surface area is 114 Å². The van der Waals surface area contributed by atoms with Gasteiger partial charge in [-0.15, -0.1) is 0 Å². The largest absolute Gasteiger partial charge is 0.260 e. The summed E-state index contributed by atoms with van der Waals surface area (Å²) in [5, 5.41) is 0. The SMILES string of the molecule is Brc1ccc(CC2CCCCCC2Br)nc1. The molecule has 2 rings (SSSR count). The fourth-order valence-electron chi connectivity index (χ4n) is 2.36. The molecular weight excluding hydrogens is 330 g/mol. The van der Waals surface area contributed by atoms with Crippen LogP contribution in [0.4, 0.5) is 0 Å². The standard InChI is InChI=1S/C13H17Br2N/c14-11-6-7-12(16-9-11)8-10-4-2-1-3-5-13(10)15/h6-7,9-10,13H,1-5,8H2. The molecule has 1 heterocycles. The minimum Gasteiger partial charge on any atom is -0.260 e. The Hall–Kier alpha value is 0.110. The normalized spacial score (nSPS) is 26.4. The molecule has 0 spiro atoms. The van der Waals surface area contributed by atoms with Crippen LogP contribution in [0.1, 0.15) is 37.8 Å². The fourth-order valence-corrected chi connectivity index (χ4v) is 3.37. The zero-order valence-corrected chi connectivity index (χ0v) is 12.5. The molecular formula is C13H17Br2N. The molecule has 2 unspecified atom stereocenters. The van der Waals surface area contributed by atoms with E-state index in [-0.39, 0.29) is 0 Å². The van der Waals surface area contributed by atoms with E-state index in [1.807, 2.05) is 6.20 Å². The molecule has 0 amide bonds. The van der Waals surface area contributed by atoms with Crippen molar-refractivity contribution >= 4 is 31.9 Å². The van der Waals surface area contributed by atoms with E-state index in [1.165, 1.54) is 37.8 Å². The lowest BCUT2D eigenvalue weighted by atomic mass is 9.94. The Kier molecular flexibility index (Phi) is 4.83. The second kappa shape index (κ2) is 6.15. The van der Waals surface area contributed by atoms with Gasteiger partial charge in [0.2, 0.25) is 0 Å². The third kappa shape index (κ3) is 3.56.